The van der Waals surface area contributed by atoms with Crippen molar-refractivity contribution < 1.29 is 14.6 Å². The van der Waals surface area contributed by atoms with E-state index in [2.05, 4.69) is 5.32 Å². The highest BCUT2D eigenvalue weighted by Gasteiger charge is 2.22. The first-order chi connectivity index (χ1) is 9.17. The molecule has 0 fully saturated rings. The molecule has 1 rings (SSSR count). The molecule has 0 radical (unpaired) electrons. The van der Waals surface area contributed by atoms with Crippen LogP contribution in [0.25, 0.3) is 0 Å². The molecule has 5 heteroatoms. The molecule has 112 valence electrons. The Hall–Kier alpha value is -1.26. The van der Waals surface area contributed by atoms with E-state index in [1.54, 1.807) is 39.8 Å². The van der Waals surface area contributed by atoms with Gasteiger partial charge in [-0.15, -0.1) is 0 Å². The highest BCUT2D eigenvalue weighted by molar-refractivity contribution is 6.30. The second-order valence-electron chi connectivity index (χ2n) is 5.82. The van der Waals surface area contributed by atoms with Gasteiger partial charge in [0.25, 0.3) is 0 Å². The Morgan fingerprint density at radius 1 is 1.35 bits per heavy atom. The molecule has 0 saturated heterocycles. The van der Waals surface area contributed by atoms with Crippen molar-refractivity contribution in [2.75, 3.05) is 0 Å². The molecular formula is C15H22ClNO3. The second kappa shape index (κ2) is 6.95. The van der Waals surface area contributed by atoms with Crippen LogP contribution in [0.2, 0.25) is 5.02 Å². The number of alkyl carbamates (subject to hydrolysis) is 1. The maximum Gasteiger partial charge on any atom is 0.407 e. The summed E-state index contributed by atoms with van der Waals surface area (Å²) >= 11 is 5.83. The molecule has 0 spiro atoms. The number of ether oxygens (including phenoxy) is 1. The number of carbonyl (C=O) groups is 1. The van der Waals surface area contributed by atoms with E-state index in [0.717, 1.165) is 5.56 Å². The lowest BCUT2D eigenvalue weighted by molar-refractivity contribution is 0.0437. The molecular weight excluding hydrogens is 278 g/mol. The molecule has 0 saturated carbocycles. The molecule has 1 aromatic rings. The van der Waals surface area contributed by atoms with Crippen molar-refractivity contribution >= 4 is 17.7 Å². The van der Waals surface area contributed by atoms with Crippen LogP contribution >= 0.6 is 11.6 Å². The first-order valence-electron chi connectivity index (χ1n) is 6.59. The fourth-order valence-corrected chi connectivity index (χ4v) is 1.80. The van der Waals surface area contributed by atoms with Crippen molar-refractivity contribution in [3.8, 4) is 0 Å². The van der Waals surface area contributed by atoms with Crippen LogP contribution in [0.1, 0.15) is 33.3 Å². The average molecular weight is 300 g/mol. The van der Waals surface area contributed by atoms with E-state index in [-0.39, 0.29) is 0 Å². The van der Waals surface area contributed by atoms with E-state index in [1.165, 1.54) is 0 Å². The topological polar surface area (TPSA) is 58.6 Å². The molecule has 20 heavy (non-hydrogen) atoms. The van der Waals surface area contributed by atoms with Gasteiger partial charge in [-0.2, -0.15) is 0 Å². The number of aliphatic hydroxyl groups excluding tert-OH is 1. The lowest BCUT2D eigenvalue weighted by Crippen LogP contribution is -2.45. The van der Waals surface area contributed by atoms with Gasteiger partial charge in [0.1, 0.15) is 5.60 Å². The molecule has 0 bridgehead atoms. The fourth-order valence-electron chi connectivity index (χ4n) is 1.68. The van der Waals surface area contributed by atoms with Crippen molar-refractivity contribution in [3.05, 3.63) is 34.9 Å². The lowest BCUT2D eigenvalue weighted by Gasteiger charge is -2.25. The van der Waals surface area contributed by atoms with E-state index in [4.69, 9.17) is 16.3 Å². The summed E-state index contributed by atoms with van der Waals surface area (Å²) in [7, 11) is 0. The normalized spacial score (nSPS) is 14.5. The van der Waals surface area contributed by atoms with Crippen LogP contribution in [0.4, 0.5) is 4.79 Å². The van der Waals surface area contributed by atoms with Crippen molar-refractivity contribution in [1.29, 1.82) is 0 Å². The molecule has 0 aromatic heterocycles. The van der Waals surface area contributed by atoms with Crippen LogP contribution in [-0.2, 0) is 11.2 Å². The Kier molecular flexibility index (Phi) is 5.84. The van der Waals surface area contributed by atoms with Crippen LogP contribution in [0.15, 0.2) is 24.3 Å². The van der Waals surface area contributed by atoms with E-state index in [0.29, 0.717) is 11.4 Å². The minimum Gasteiger partial charge on any atom is -0.444 e. The van der Waals surface area contributed by atoms with Crippen LogP contribution in [0.5, 0.6) is 0 Å². The second-order valence-corrected chi connectivity index (χ2v) is 6.26. The zero-order chi connectivity index (χ0) is 15.3. The van der Waals surface area contributed by atoms with Crippen LogP contribution in [0.3, 0.4) is 0 Å². The number of carbonyl (C=O) groups excluding carboxylic acids is 1. The molecule has 2 atom stereocenters. The maximum absolute atomic E-state index is 11.8. The number of halogens is 1. The van der Waals surface area contributed by atoms with E-state index < -0.39 is 23.8 Å². The highest BCUT2D eigenvalue weighted by atomic mass is 35.5. The Bertz CT molecular complexity index is 437. The maximum atomic E-state index is 11.8. The van der Waals surface area contributed by atoms with Crippen LogP contribution < -0.4 is 5.32 Å². The molecule has 0 aliphatic rings. The fraction of sp³-hybridized carbons (Fsp3) is 0.533. The lowest BCUT2D eigenvalue weighted by atomic mass is 10.0. The molecule has 1 aromatic carbocycles. The molecule has 1 amide bonds. The number of benzene rings is 1. The first kappa shape index (κ1) is 16.8. The van der Waals surface area contributed by atoms with Gasteiger partial charge in [0, 0.05) is 5.02 Å². The molecule has 0 heterocycles. The summed E-state index contributed by atoms with van der Waals surface area (Å²) in [5, 5.41) is 13.1. The predicted molar refractivity (Wildman–Crippen MR) is 80.0 cm³/mol. The van der Waals surface area contributed by atoms with E-state index >= 15 is 0 Å². The smallest absolute Gasteiger partial charge is 0.407 e. The van der Waals surface area contributed by atoms with Gasteiger partial charge in [-0.1, -0.05) is 23.7 Å². The molecule has 0 aliphatic heterocycles. The molecule has 2 N–H and O–H groups in total. The van der Waals surface area contributed by atoms with Crippen molar-refractivity contribution in [1.82, 2.24) is 5.32 Å². The van der Waals surface area contributed by atoms with Gasteiger partial charge in [0.2, 0.25) is 0 Å². The number of hydrogen-bond acceptors (Lipinski definition) is 3. The zero-order valence-electron chi connectivity index (χ0n) is 12.3. The standard InChI is InChI=1S/C15H22ClNO3/c1-10(18)13(17-14(19)20-15(2,3)4)9-11-5-7-12(16)8-6-11/h5-8,10,13,18H,9H2,1-4H3,(H,17,19)/t10?,13-/m1/s1. The first-order valence-corrected chi connectivity index (χ1v) is 6.97. The number of amides is 1. The summed E-state index contributed by atoms with van der Waals surface area (Å²) in [6.45, 7) is 7.02. The summed E-state index contributed by atoms with van der Waals surface area (Å²) < 4.78 is 5.19. The third-order valence-corrected chi connectivity index (χ3v) is 2.91. The quantitative estimate of drug-likeness (QED) is 0.898. The predicted octanol–water partition coefficient (Wildman–Crippen LogP) is 3.16. The summed E-state index contributed by atoms with van der Waals surface area (Å²) in [6, 6.07) is 6.89. The van der Waals surface area contributed by atoms with Gasteiger partial charge in [0.05, 0.1) is 12.1 Å². The SMILES string of the molecule is CC(O)[C@@H](Cc1ccc(Cl)cc1)NC(=O)OC(C)(C)C. The summed E-state index contributed by atoms with van der Waals surface area (Å²) in [4.78, 5) is 11.8. The van der Waals surface area contributed by atoms with E-state index in [9.17, 15) is 9.90 Å². The number of hydrogen-bond donors (Lipinski definition) is 2. The molecule has 4 nitrogen and oxygen atoms in total. The number of nitrogens with one attached hydrogen (secondary N) is 1. The highest BCUT2D eigenvalue weighted by Crippen LogP contribution is 2.13. The van der Waals surface area contributed by atoms with Crippen molar-refractivity contribution in [2.24, 2.45) is 0 Å². The molecule has 0 aliphatic carbocycles. The third kappa shape index (κ3) is 6.26. The number of rotatable bonds is 4. The van der Waals surface area contributed by atoms with Gasteiger partial charge in [-0.3, -0.25) is 0 Å². The van der Waals surface area contributed by atoms with Gasteiger partial charge in [0.15, 0.2) is 0 Å². The van der Waals surface area contributed by atoms with Gasteiger partial charge >= 0.3 is 6.09 Å². The van der Waals surface area contributed by atoms with Crippen molar-refractivity contribution in [2.45, 2.75) is 51.9 Å². The summed E-state index contributed by atoms with van der Waals surface area (Å²) in [6.07, 6.45) is -0.704. The summed E-state index contributed by atoms with van der Waals surface area (Å²) in [5.74, 6) is 0. The van der Waals surface area contributed by atoms with Gasteiger partial charge in [-0.05, 0) is 51.8 Å². The Morgan fingerprint density at radius 2 is 1.90 bits per heavy atom. The Morgan fingerprint density at radius 3 is 2.35 bits per heavy atom. The van der Waals surface area contributed by atoms with Gasteiger partial charge < -0.3 is 15.2 Å². The van der Waals surface area contributed by atoms with Gasteiger partial charge in [-0.25, -0.2) is 4.79 Å². The van der Waals surface area contributed by atoms with E-state index in [1.807, 2.05) is 12.1 Å². The zero-order valence-corrected chi connectivity index (χ0v) is 13.1. The third-order valence-electron chi connectivity index (χ3n) is 2.65. The Balaban J connectivity index is 2.65. The van der Waals surface area contributed by atoms with Crippen LogP contribution in [-0.4, -0.2) is 28.9 Å². The molecule has 1 unspecified atom stereocenters. The summed E-state index contributed by atoms with van der Waals surface area (Å²) in [5.41, 5.74) is 0.421. The monoisotopic (exact) mass is 299 g/mol. The van der Waals surface area contributed by atoms with Crippen LogP contribution in [0, 0.1) is 0 Å². The van der Waals surface area contributed by atoms with Crippen molar-refractivity contribution in [3.63, 3.8) is 0 Å². The number of aliphatic hydroxyl groups is 1. The minimum atomic E-state index is -0.682. The largest absolute Gasteiger partial charge is 0.444 e. The average Bonchev–Trinajstić information content (AvgIpc) is 2.28. The Labute approximate surface area is 125 Å². The minimum absolute atomic E-state index is 0.411.